The molecular formula is C22H14ClFO3. The van der Waals surface area contributed by atoms with Crippen molar-refractivity contribution in [1.29, 1.82) is 0 Å². The molecule has 0 N–H and O–H groups in total. The number of benzene rings is 3. The van der Waals surface area contributed by atoms with E-state index < -0.39 is 11.4 Å². The summed E-state index contributed by atoms with van der Waals surface area (Å²) in [5.41, 5.74) is 1.54. The van der Waals surface area contributed by atoms with E-state index in [-0.39, 0.29) is 12.2 Å². The number of hydrogen-bond donors (Lipinski definition) is 0. The third kappa shape index (κ3) is 3.57. The summed E-state index contributed by atoms with van der Waals surface area (Å²) in [6.07, 6.45) is 0. The quantitative estimate of drug-likeness (QED) is 0.418. The van der Waals surface area contributed by atoms with Crippen LogP contribution in [-0.4, -0.2) is 0 Å². The first kappa shape index (κ1) is 17.3. The summed E-state index contributed by atoms with van der Waals surface area (Å²) in [5.74, 6) is 0.0276. The van der Waals surface area contributed by atoms with Crippen molar-refractivity contribution in [3.63, 3.8) is 0 Å². The van der Waals surface area contributed by atoms with Gasteiger partial charge in [-0.05, 0) is 35.9 Å². The van der Waals surface area contributed by atoms with Gasteiger partial charge in [0.2, 0.25) is 0 Å². The zero-order valence-electron chi connectivity index (χ0n) is 14.1. The maximum absolute atomic E-state index is 13.8. The highest BCUT2D eigenvalue weighted by Crippen LogP contribution is 2.26. The van der Waals surface area contributed by atoms with Gasteiger partial charge in [-0.3, -0.25) is 0 Å². The number of halogens is 2. The van der Waals surface area contributed by atoms with Gasteiger partial charge in [0.05, 0.1) is 10.6 Å². The van der Waals surface area contributed by atoms with E-state index >= 15 is 0 Å². The Morgan fingerprint density at radius 1 is 0.963 bits per heavy atom. The van der Waals surface area contributed by atoms with Crippen LogP contribution in [0, 0.1) is 5.82 Å². The van der Waals surface area contributed by atoms with Crippen LogP contribution in [0.4, 0.5) is 4.39 Å². The Balaban J connectivity index is 1.64. The second-order valence-corrected chi connectivity index (χ2v) is 6.41. The Morgan fingerprint density at radius 2 is 1.78 bits per heavy atom. The molecule has 0 radical (unpaired) electrons. The Labute approximate surface area is 159 Å². The smallest absolute Gasteiger partial charge is 0.344 e. The Morgan fingerprint density at radius 3 is 2.56 bits per heavy atom. The summed E-state index contributed by atoms with van der Waals surface area (Å²) in [5, 5.41) is 1.07. The fourth-order valence-electron chi connectivity index (χ4n) is 2.83. The maximum Gasteiger partial charge on any atom is 0.344 e. The van der Waals surface area contributed by atoms with Crippen molar-refractivity contribution in [3.8, 4) is 16.9 Å². The van der Waals surface area contributed by atoms with Crippen LogP contribution in [-0.2, 0) is 6.61 Å². The summed E-state index contributed by atoms with van der Waals surface area (Å²) in [6, 6.07) is 20.7. The van der Waals surface area contributed by atoms with Gasteiger partial charge in [-0.15, -0.1) is 0 Å². The molecule has 0 aliphatic heterocycles. The van der Waals surface area contributed by atoms with Crippen LogP contribution in [0.5, 0.6) is 5.75 Å². The molecule has 0 bridgehead atoms. The molecule has 27 heavy (non-hydrogen) atoms. The second-order valence-electron chi connectivity index (χ2n) is 6.00. The summed E-state index contributed by atoms with van der Waals surface area (Å²) in [6.45, 7) is -0.0245. The molecular weight excluding hydrogens is 367 g/mol. The van der Waals surface area contributed by atoms with Gasteiger partial charge in [0, 0.05) is 17.0 Å². The molecule has 1 heterocycles. The topological polar surface area (TPSA) is 39.4 Å². The molecule has 0 aliphatic carbocycles. The maximum atomic E-state index is 13.8. The van der Waals surface area contributed by atoms with Gasteiger partial charge < -0.3 is 9.15 Å². The zero-order chi connectivity index (χ0) is 18.8. The normalized spacial score (nSPS) is 10.9. The zero-order valence-corrected chi connectivity index (χ0v) is 14.9. The molecule has 3 aromatic carbocycles. The van der Waals surface area contributed by atoms with E-state index in [1.54, 1.807) is 30.3 Å². The van der Waals surface area contributed by atoms with Gasteiger partial charge in [0.25, 0.3) is 0 Å². The molecule has 0 unspecified atom stereocenters. The predicted octanol–water partition coefficient (Wildman–Crippen LogP) is 5.83. The first-order chi connectivity index (χ1) is 13.1. The average molecular weight is 381 g/mol. The molecule has 4 aromatic rings. The molecule has 0 aliphatic rings. The van der Waals surface area contributed by atoms with Crippen LogP contribution in [0.25, 0.3) is 22.1 Å². The average Bonchev–Trinajstić information content (AvgIpc) is 2.67. The number of ether oxygens (including phenoxy) is 1. The monoisotopic (exact) mass is 380 g/mol. The van der Waals surface area contributed by atoms with Gasteiger partial charge in [0.1, 0.15) is 23.8 Å². The third-order valence-corrected chi connectivity index (χ3v) is 4.59. The van der Waals surface area contributed by atoms with Crippen LogP contribution in [0.15, 0.2) is 82.0 Å². The first-order valence-corrected chi connectivity index (χ1v) is 8.68. The van der Waals surface area contributed by atoms with E-state index in [1.165, 1.54) is 12.1 Å². The number of hydrogen-bond acceptors (Lipinski definition) is 3. The van der Waals surface area contributed by atoms with Crippen LogP contribution in [0.2, 0.25) is 5.02 Å². The summed E-state index contributed by atoms with van der Waals surface area (Å²) in [7, 11) is 0. The second kappa shape index (κ2) is 7.25. The van der Waals surface area contributed by atoms with Crippen molar-refractivity contribution in [2.24, 2.45) is 0 Å². The summed E-state index contributed by atoms with van der Waals surface area (Å²) in [4.78, 5) is 12.3. The number of fused-ring (bicyclic) bond motifs is 1. The van der Waals surface area contributed by atoms with Crippen LogP contribution in [0.1, 0.15) is 5.56 Å². The van der Waals surface area contributed by atoms with E-state index in [2.05, 4.69) is 0 Å². The molecule has 1 aromatic heterocycles. The van der Waals surface area contributed by atoms with E-state index in [9.17, 15) is 9.18 Å². The molecule has 134 valence electrons. The lowest BCUT2D eigenvalue weighted by molar-refractivity contribution is 0.300. The van der Waals surface area contributed by atoms with Gasteiger partial charge in [-0.25, -0.2) is 9.18 Å². The first-order valence-electron chi connectivity index (χ1n) is 8.31. The number of rotatable bonds is 4. The van der Waals surface area contributed by atoms with E-state index in [1.807, 2.05) is 30.3 Å². The fraction of sp³-hybridized carbons (Fsp3) is 0.0455. The molecule has 0 saturated heterocycles. The minimum Gasteiger partial charge on any atom is -0.489 e. The van der Waals surface area contributed by atoms with Crippen molar-refractivity contribution in [1.82, 2.24) is 0 Å². The molecule has 0 saturated carbocycles. The van der Waals surface area contributed by atoms with Crippen LogP contribution >= 0.6 is 11.6 Å². The van der Waals surface area contributed by atoms with Gasteiger partial charge in [-0.1, -0.05) is 48.0 Å². The van der Waals surface area contributed by atoms with Gasteiger partial charge >= 0.3 is 5.63 Å². The Hall–Kier alpha value is -3.11. The van der Waals surface area contributed by atoms with Crippen molar-refractivity contribution < 1.29 is 13.5 Å². The van der Waals surface area contributed by atoms with Crippen molar-refractivity contribution >= 4 is 22.6 Å². The van der Waals surface area contributed by atoms with E-state index in [0.29, 0.717) is 21.9 Å². The van der Waals surface area contributed by atoms with Gasteiger partial charge in [-0.2, -0.15) is 0 Å². The lowest BCUT2D eigenvalue weighted by Gasteiger charge is -2.09. The standard InChI is InChI=1S/C22H14ClFO3/c23-19-7-4-8-20(24)18(19)13-26-16-10-9-15-11-17(14-5-2-1-3-6-14)22(25)27-21(15)12-16/h1-12H,13H2. The lowest BCUT2D eigenvalue weighted by Crippen LogP contribution is -2.03. The molecule has 0 amide bonds. The molecule has 0 fully saturated rings. The summed E-state index contributed by atoms with van der Waals surface area (Å²) < 4.78 is 24.9. The highest BCUT2D eigenvalue weighted by atomic mass is 35.5. The highest BCUT2D eigenvalue weighted by Gasteiger charge is 2.10. The third-order valence-electron chi connectivity index (χ3n) is 4.24. The summed E-state index contributed by atoms with van der Waals surface area (Å²) >= 11 is 6.01. The fourth-order valence-corrected chi connectivity index (χ4v) is 3.04. The van der Waals surface area contributed by atoms with Crippen molar-refractivity contribution in [2.45, 2.75) is 6.61 Å². The van der Waals surface area contributed by atoms with Crippen LogP contribution < -0.4 is 10.4 Å². The lowest BCUT2D eigenvalue weighted by atomic mass is 10.1. The Bertz CT molecular complexity index is 1150. The van der Waals surface area contributed by atoms with Crippen LogP contribution in [0.3, 0.4) is 0 Å². The van der Waals surface area contributed by atoms with Crippen molar-refractivity contribution in [3.05, 3.63) is 99.6 Å². The largest absolute Gasteiger partial charge is 0.489 e. The van der Waals surface area contributed by atoms with E-state index in [0.717, 1.165) is 10.9 Å². The predicted molar refractivity (Wildman–Crippen MR) is 104 cm³/mol. The molecule has 0 spiro atoms. The molecule has 5 heteroatoms. The van der Waals surface area contributed by atoms with E-state index in [4.69, 9.17) is 20.8 Å². The Kier molecular flexibility index (Phi) is 4.65. The minimum atomic E-state index is -0.428. The SMILES string of the molecule is O=c1oc2cc(OCc3c(F)cccc3Cl)ccc2cc1-c1ccccc1. The highest BCUT2D eigenvalue weighted by molar-refractivity contribution is 6.31. The van der Waals surface area contributed by atoms with Gasteiger partial charge in [0.15, 0.2) is 0 Å². The van der Waals surface area contributed by atoms with Crippen molar-refractivity contribution in [2.75, 3.05) is 0 Å². The minimum absolute atomic E-state index is 0.0245. The molecule has 3 nitrogen and oxygen atoms in total. The molecule has 4 rings (SSSR count). The molecule has 0 atom stereocenters.